The molecule has 0 spiro atoms. The molecule has 0 bridgehead atoms. The molecule has 0 atom stereocenters. The predicted molar refractivity (Wildman–Crippen MR) is 95.2 cm³/mol. The zero-order valence-corrected chi connectivity index (χ0v) is 15.1. The molecule has 5 N–H and O–H groups in total. The predicted octanol–water partition coefficient (Wildman–Crippen LogP) is -0.910. The van der Waals surface area contributed by atoms with Crippen LogP contribution < -0.4 is 21.7 Å². The van der Waals surface area contributed by atoms with Crippen molar-refractivity contribution in [3.8, 4) is 0 Å². The first-order valence-electron chi connectivity index (χ1n) is 8.84. The summed E-state index contributed by atoms with van der Waals surface area (Å²) < 4.78 is 15.6. The van der Waals surface area contributed by atoms with Crippen LogP contribution >= 0.6 is 0 Å². The second-order valence-corrected chi connectivity index (χ2v) is 5.31. The first kappa shape index (κ1) is 23.2. The molecule has 0 heterocycles. The van der Waals surface area contributed by atoms with E-state index in [1.165, 1.54) is 0 Å². The van der Waals surface area contributed by atoms with E-state index in [1.807, 2.05) is 0 Å². The Morgan fingerprint density at radius 1 is 0.833 bits per heavy atom. The fraction of sp³-hybridized carbons (Fsp3) is 0.938. The lowest BCUT2D eigenvalue weighted by atomic mass is 10.2. The van der Waals surface area contributed by atoms with E-state index in [-0.39, 0.29) is 5.91 Å². The van der Waals surface area contributed by atoms with Gasteiger partial charge in [-0.15, -0.1) is 0 Å². The van der Waals surface area contributed by atoms with Crippen LogP contribution in [-0.4, -0.2) is 85.3 Å². The van der Waals surface area contributed by atoms with E-state index in [1.54, 1.807) is 7.11 Å². The number of ether oxygens (including phenoxy) is 3. The van der Waals surface area contributed by atoms with E-state index >= 15 is 0 Å². The molecule has 24 heavy (non-hydrogen) atoms. The van der Waals surface area contributed by atoms with Gasteiger partial charge in [0.2, 0.25) is 5.91 Å². The van der Waals surface area contributed by atoms with Crippen LogP contribution in [0.1, 0.15) is 19.3 Å². The first-order valence-corrected chi connectivity index (χ1v) is 8.84. The Morgan fingerprint density at radius 2 is 1.46 bits per heavy atom. The number of nitrogens with two attached hydrogens (primary N) is 1. The number of hydrogen-bond donors (Lipinski definition) is 4. The van der Waals surface area contributed by atoms with Gasteiger partial charge in [0, 0.05) is 59.4 Å². The van der Waals surface area contributed by atoms with Crippen LogP contribution in [0.25, 0.3) is 0 Å². The van der Waals surface area contributed by atoms with Crippen molar-refractivity contribution in [2.45, 2.75) is 19.3 Å². The lowest BCUT2D eigenvalue weighted by molar-refractivity contribution is -0.121. The van der Waals surface area contributed by atoms with Crippen LogP contribution in [0.4, 0.5) is 0 Å². The fourth-order valence-corrected chi connectivity index (χ4v) is 1.86. The van der Waals surface area contributed by atoms with Gasteiger partial charge < -0.3 is 35.9 Å². The minimum Gasteiger partial charge on any atom is -0.382 e. The monoisotopic (exact) mass is 348 g/mol. The first-order chi connectivity index (χ1) is 11.8. The third-order valence-corrected chi connectivity index (χ3v) is 3.17. The largest absolute Gasteiger partial charge is 0.382 e. The minimum atomic E-state index is 0.0981. The van der Waals surface area contributed by atoms with E-state index in [2.05, 4.69) is 16.0 Å². The maximum absolute atomic E-state index is 11.6. The maximum Gasteiger partial charge on any atom is 0.220 e. The molecule has 0 aromatic carbocycles. The van der Waals surface area contributed by atoms with Gasteiger partial charge in [-0.1, -0.05) is 0 Å². The van der Waals surface area contributed by atoms with Crippen LogP contribution in [0.5, 0.6) is 0 Å². The van der Waals surface area contributed by atoms with Crippen molar-refractivity contribution in [2.75, 3.05) is 79.4 Å². The summed E-state index contributed by atoms with van der Waals surface area (Å²) in [5.41, 5.74) is 5.37. The highest BCUT2D eigenvalue weighted by molar-refractivity contribution is 5.75. The molecule has 0 aromatic rings. The Morgan fingerprint density at radius 3 is 2.17 bits per heavy atom. The number of rotatable bonds is 19. The van der Waals surface area contributed by atoms with Gasteiger partial charge >= 0.3 is 0 Å². The minimum absolute atomic E-state index is 0.0981. The molecule has 8 heteroatoms. The van der Waals surface area contributed by atoms with Crippen LogP contribution in [0.2, 0.25) is 0 Å². The lowest BCUT2D eigenvalue weighted by Crippen LogP contribution is -2.35. The van der Waals surface area contributed by atoms with Crippen LogP contribution in [0.15, 0.2) is 0 Å². The van der Waals surface area contributed by atoms with Crippen molar-refractivity contribution >= 4 is 5.91 Å². The molecular weight excluding hydrogens is 312 g/mol. The van der Waals surface area contributed by atoms with Crippen molar-refractivity contribution in [2.24, 2.45) is 5.73 Å². The highest BCUT2D eigenvalue weighted by Crippen LogP contribution is 1.96. The number of unbranched alkanes of at least 4 members (excludes halogenated alkanes) is 1. The Bertz CT molecular complexity index is 270. The summed E-state index contributed by atoms with van der Waals surface area (Å²) in [4.78, 5) is 11.6. The Balaban J connectivity index is 3.13. The van der Waals surface area contributed by atoms with Gasteiger partial charge in [-0.2, -0.15) is 0 Å². The number of carbonyl (C=O) groups is 1. The Labute approximate surface area is 146 Å². The van der Waals surface area contributed by atoms with Crippen molar-refractivity contribution in [3.05, 3.63) is 0 Å². The third-order valence-electron chi connectivity index (χ3n) is 3.17. The Hall–Kier alpha value is -0.770. The molecule has 0 aliphatic rings. The molecular formula is C16H36N4O4. The van der Waals surface area contributed by atoms with Gasteiger partial charge in [-0.3, -0.25) is 4.79 Å². The highest BCUT2D eigenvalue weighted by atomic mass is 16.5. The maximum atomic E-state index is 11.6. The molecule has 8 nitrogen and oxygen atoms in total. The average Bonchev–Trinajstić information content (AvgIpc) is 2.59. The molecule has 0 fully saturated rings. The normalized spacial score (nSPS) is 10.9. The van der Waals surface area contributed by atoms with E-state index in [4.69, 9.17) is 19.9 Å². The number of hydrogen-bond acceptors (Lipinski definition) is 7. The molecule has 0 aliphatic heterocycles. The molecule has 0 aromatic heterocycles. The third kappa shape index (κ3) is 19.3. The van der Waals surface area contributed by atoms with Crippen molar-refractivity contribution < 1.29 is 19.0 Å². The molecule has 0 saturated heterocycles. The van der Waals surface area contributed by atoms with Crippen molar-refractivity contribution in [3.63, 3.8) is 0 Å². The second kappa shape index (κ2) is 20.3. The zero-order valence-electron chi connectivity index (χ0n) is 15.1. The second-order valence-electron chi connectivity index (χ2n) is 5.31. The molecule has 0 rings (SSSR count). The zero-order chi connectivity index (χ0) is 17.7. The Kier molecular flexibility index (Phi) is 19.6. The van der Waals surface area contributed by atoms with Crippen LogP contribution in [-0.2, 0) is 19.0 Å². The van der Waals surface area contributed by atoms with Gasteiger partial charge in [-0.05, 0) is 12.8 Å². The summed E-state index contributed by atoms with van der Waals surface area (Å²) in [6.07, 6.45) is 2.27. The summed E-state index contributed by atoms with van der Waals surface area (Å²) in [5, 5.41) is 9.35. The number of carbonyl (C=O) groups excluding carboxylic acids is 1. The summed E-state index contributed by atoms with van der Waals surface area (Å²) in [6.45, 7) is 7.73. The van der Waals surface area contributed by atoms with E-state index in [0.29, 0.717) is 52.5 Å². The summed E-state index contributed by atoms with van der Waals surface area (Å²) in [7, 11) is 1.65. The lowest BCUT2D eigenvalue weighted by Gasteiger charge is -2.08. The molecule has 0 unspecified atom stereocenters. The summed E-state index contributed by atoms with van der Waals surface area (Å²) in [6, 6.07) is 0. The summed E-state index contributed by atoms with van der Waals surface area (Å²) in [5.74, 6) is 0.0981. The van der Waals surface area contributed by atoms with E-state index < -0.39 is 0 Å². The van der Waals surface area contributed by atoms with Gasteiger partial charge in [0.15, 0.2) is 0 Å². The molecule has 0 radical (unpaired) electrons. The smallest absolute Gasteiger partial charge is 0.220 e. The number of methoxy groups -OCH3 is 1. The highest BCUT2D eigenvalue weighted by Gasteiger charge is 2.00. The van der Waals surface area contributed by atoms with Gasteiger partial charge in [-0.25, -0.2) is 0 Å². The number of amides is 1. The van der Waals surface area contributed by atoms with E-state index in [9.17, 15) is 4.79 Å². The number of nitrogens with one attached hydrogen (secondary N) is 3. The summed E-state index contributed by atoms with van der Waals surface area (Å²) >= 11 is 0. The van der Waals surface area contributed by atoms with Crippen LogP contribution in [0.3, 0.4) is 0 Å². The van der Waals surface area contributed by atoms with Crippen LogP contribution in [0, 0.1) is 0 Å². The standard InChI is InChI=1S/C16H36N4O4/c1-22-12-13-24-15-14-23-11-3-2-4-16(21)20-10-9-19-8-7-18-6-5-17/h18-19H,2-15,17H2,1H3,(H,20,21). The quantitative estimate of drug-likeness (QED) is 0.224. The van der Waals surface area contributed by atoms with Gasteiger partial charge in [0.1, 0.15) is 0 Å². The molecule has 144 valence electrons. The molecule has 1 amide bonds. The average molecular weight is 348 g/mol. The topological polar surface area (TPSA) is 107 Å². The van der Waals surface area contributed by atoms with Gasteiger partial charge in [0.05, 0.1) is 26.4 Å². The van der Waals surface area contributed by atoms with E-state index in [0.717, 1.165) is 39.0 Å². The SMILES string of the molecule is COCCOCCOCCCCC(=O)NCCNCCNCCN. The van der Waals surface area contributed by atoms with Crippen molar-refractivity contribution in [1.29, 1.82) is 0 Å². The van der Waals surface area contributed by atoms with Gasteiger partial charge in [0.25, 0.3) is 0 Å². The molecule has 0 saturated carbocycles. The van der Waals surface area contributed by atoms with Crippen molar-refractivity contribution in [1.82, 2.24) is 16.0 Å². The fourth-order valence-electron chi connectivity index (χ4n) is 1.86. The molecule has 0 aliphatic carbocycles.